The molecule has 1 aromatic rings. The van der Waals surface area contributed by atoms with Crippen molar-refractivity contribution in [3.05, 3.63) is 34.9 Å². The molecule has 0 fully saturated rings. The fraction of sp³-hybridized carbons (Fsp3) is 0.455. The lowest BCUT2D eigenvalue weighted by Crippen LogP contribution is -2.30. The van der Waals surface area contributed by atoms with Crippen LogP contribution in [0.2, 0.25) is 0 Å². The minimum atomic E-state index is -3.36. The molecule has 1 rings (SSSR count). The lowest BCUT2D eigenvalue weighted by molar-refractivity contribution is 0.579. The van der Waals surface area contributed by atoms with Crippen molar-refractivity contribution < 1.29 is 8.42 Å². The number of hydrogen-bond acceptors (Lipinski definition) is 2. The predicted octanol–water partition coefficient (Wildman–Crippen LogP) is 2.31. The van der Waals surface area contributed by atoms with Crippen molar-refractivity contribution in [2.75, 3.05) is 0 Å². The average Bonchev–Trinajstić information content (AvgIpc) is 2.09. The molecule has 1 N–H and O–H groups in total. The Morgan fingerprint density at radius 2 is 1.81 bits per heavy atom. The Bertz CT molecular complexity index is 449. The molecule has 0 heterocycles. The van der Waals surface area contributed by atoms with Gasteiger partial charge >= 0.3 is 0 Å². The summed E-state index contributed by atoms with van der Waals surface area (Å²) >= 11 is 5.62. The van der Waals surface area contributed by atoms with Crippen LogP contribution in [-0.4, -0.2) is 13.9 Å². The minimum Gasteiger partial charge on any atom is -0.212 e. The van der Waals surface area contributed by atoms with E-state index in [4.69, 9.17) is 11.6 Å². The van der Waals surface area contributed by atoms with Crippen molar-refractivity contribution in [3.8, 4) is 0 Å². The molecule has 3 nitrogen and oxygen atoms in total. The Labute approximate surface area is 102 Å². The molecule has 90 valence electrons. The number of halogens is 1. The van der Waals surface area contributed by atoms with E-state index in [1.54, 1.807) is 6.92 Å². The monoisotopic (exact) mass is 261 g/mol. The molecule has 0 bridgehead atoms. The van der Waals surface area contributed by atoms with Crippen LogP contribution in [0.25, 0.3) is 0 Å². The van der Waals surface area contributed by atoms with E-state index in [1.165, 1.54) is 0 Å². The van der Waals surface area contributed by atoms with Crippen LogP contribution in [0.5, 0.6) is 0 Å². The minimum absolute atomic E-state index is 0.0252. The molecule has 0 aliphatic carbocycles. The van der Waals surface area contributed by atoms with Crippen molar-refractivity contribution in [3.63, 3.8) is 0 Å². The molecule has 0 aliphatic rings. The van der Waals surface area contributed by atoms with Crippen LogP contribution in [0.15, 0.2) is 18.2 Å². The average molecular weight is 262 g/mol. The quantitative estimate of drug-likeness (QED) is 0.668. The topological polar surface area (TPSA) is 46.2 Å². The number of rotatable bonds is 4. The molecule has 16 heavy (non-hydrogen) atoms. The van der Waals surface area contributed by atoms with Gasteiger partial charge in [0.2, 0.25) is 10.0 Å². The highest BCUT2D eigenvalue weighted by Crippen LogP contribution is 2.16. The summed E-state index contributed by atoms with van der Waals surface area (Å²) in [4.78, 5) is 0. The summed E-state index contributed by atoms with van der Waals surface area (Å²) in [5.41, 5.74) is 2.21. The summed E-state index contributed by atoms with van der Waals surface area (Å²) in [6.07, 6.45) is 0. The number of benzene rings is 1. The van der Waals surface area contributed by atoms with E-state index in [1.807, 2.05) is 32.0 Å². The van der Waals surface area contributed by atoms with Gasteiger partial charge < -0.3 is 0 Å². The maximum absolute atomic E-state index is 11.7. The Kier molecular flexibility index (Phi) is 4.35. The van der Waals surface area contributed by atoms with Crippen molar-refractivity contribution in [1.82, 2.24) is 4.72 Å². The van der Waals surface area contributed by atoms with Gasteiger partial charge in [-0.3, -0.25) is 0 Å². The van der Waals surface area contributed by atoms with Gasteiger partial charge in [-0.25, -0.2) is 8.42 Å². The smallest absolute Gasteiger partial charge is 0.212 e. The molecule has 1 aromatic carbocycles. The van der Waals surface area contributed by atoms with Crippen molar-refractivity contribution in [1.29, 1.82) is 0 Å². The van der Waals surface area contributed by atoms with E-state index in [-0.39, 0.29) is 5.75 Å². The summed E-state index contributed by atoms with van der Waals surface area (Å²) in [5.74, 6) is -0.0252. The molecule has 0 aromatic heterocycles. The number of aryl methyl sites for hydroxylation is 2. The molecule has 0 saturated heterocycles. The zero-order valence-corrected chi connectivity index (χ0v) is 11.2. The number of sulfonamides is 1. The SMILES string of the molecule is Cc1cccc(C)c1CS(=O)(=O)NC(C)Cl. The van der Waals surface area contributed by atoms with Crippen LogP contribution in [0.3, 0.4) is 0 Å². The van der Waals surface area contributed by atoms with Gasteiger partial charge in [0.05, 0.1) is 11.3 Å². The van der Waals surface area contributed by atoms with Crippen molar-refractivity contribution in [2.24, 2.45) is 0 Å². The molecule has 1 unspecified atom stereocenters. The second kappa shape index (κ2) is 5.17. The number of alkyl halides is 1. The predicted molar refractivity (Wildman–Crippen MR) is 67.0 cm³/mol. The van der Waals surface area contributed by atoms with Gasteiger partial charge in [0.1, 0.15) is 0 Å². The maximum atomic E-state index is 11.7. The van der Waals surface area contributed by atoms with Crippen LogP contribution in [0.1, 0.15) is 23.6 Å². The molecule has 5 heteroatoms. The van der Waals surface area contributed by atoms with Gasteiger partial charge in [-0.2, -0.15) is 4.72 Å². The highest BCUT2D eigenvalue weighted by molar-refractivity contribution is 7.88. The standard InChI is InChI=1S/C11H16ClNO2S/c1-8-5-4-6-9(2)11(8)7-16(14,15)13-10(3)12/h4-6,10,13H,7H2,1-3H3. The zero-order valence-electron chi connectivity index (χ0n) is 9.62. The summed E-state index contributed by atoms with van der Waals surface area (Å²) in [7, 11) is -3.36. The van der Waals surface area contributed by atoms with E-state index in [2.05, 4.69) is 4.72 Å². The second-order valence-electron chi connectivity index (χ2n) is 3.86. The largest absolute Gasteiger partial charge is 0.217 e. The Hall–Kier alpha value is -0.580. The summed E-state index contributed by atoms with van der Waals surface area (Å²) in [6, 6.07) is 5.72. The number of hydrogen-bond donors (Lipinski definition) is 1. The van der Waals surface area contributed by atoms with Crippen LogP contribution < -0.4 is 4.72 Å². The van der Waals surface area contributed by atoms with Crippen LogP contribution >= 0.6 is 11.6 Å². The third kappa shape index (κ3) is 3.77. The highest BCUT2D eigenvalue weighted by Gasteiger charge is 2.16. The highest BCUT2D eigenvalue weighted by atomic mass is 35.5. The van der Waals surface area contributed by atoms with E-state index in [0.29, 0.717) is 0 Å². The second-order valence-corrected chi connectivity index (χ2v) is 6.27. The Balaban J connectivity index is 2.97. The first-order valence-electron chi connectivity index (χ1n) is 5.01. The van der Waals surface area contributed by atoms with Crippen molar-refractivity contribution in [2.45, 2.75) is 32.0 Å². The van der Waals surface area contributed by atoms with Gasteiger partial charge in [0, 0.05) is 0 Å². The fourth-order valence-electron chi connectivity index (χ4n) is 1.56. The summed E-state index contributed by atoms with van der Waals surface area (Å²) < 4.78 is 25.8. The normalized spacial score (nSPS) is 13.8. The van der Waals surface area contributed by atoms with Gasteiger partial charge in [-0.1, -0.05) is 18.2 Å². The van der Waals surface area contributed by atoms with E-state index in [9.17, 15) is 8.42 Å². The van der Waals surface area contributed by atoms with E-state index >= 15 is 0 Å². The Morgan fingerprint density at radius 1 is 1.31 bits per heavy atom. The fourth-order valence-corrected chi connectivity index (χ4v) is 3.38. The molecule has 0 amide bonds. The number of nitrogens with one attached hydrogen (secondary N) is 1. The van der Waals surface area contributed by atoms with Crippen LogP contribution in [0.4, 0.5) is 0 Å². The Morgan fingerprint density at radius 3 is 2.25 bits per heavy atom. The summed E-state index contributed by atoms with van der Waals surface area (Å²) in [5, 5.41) is 0. The first-order valence-corrected chi connectivity index (χ1v) is 7.10. The van der Waals surface area contributed by atoms with E-state index < -0.39 is 15.5 Å². The van der Waals surface area contributed by atoms with Crippen molar-refractivity contribution >= 4 is 21.6 Å². The molecule has 0 spiro atoms. The van der Waals surface area contributed by atoms with E-state index in [0.717, 1.165) is 16.7 Å². The first-order chi connectivity index (χ1) is 7.32. The molecule has 1 atom stereocenters. The maximum Gasteiger partial charge on any atom is 0.217 e. The third-order valence-corrected chi connectivity index (χ3v) is 3.94. The molecule has 0 saturated carbocycles. The lowest BCUT2D eigenvalue weighted by atomic mass is 10.1. The lowest BCUT2D eigenvalue weighted by Gasteiger charge is -2.12. The molecule has 0 radical (unpaired) electrons. The van der Waals surface area contributed by atoms with Gasteiger partial charge in [0.15, 0.2) is 0 Å². The van der Waals surface area contributed by atoms with Crippen LogP contribution in [-0.2, 0) is 15.8 Å². The molecular weight excluding hydrogens is 246 g/mol. The first kappa shape index (κ1) is 13.5. The van der Waals surface area contributed by atoms with Gasteiger partial charge in [-0.05, 0) is 37.5 Å². The molecule has 0 aliphatic heterocycles. The van der Waals surface area contributed by atoms with Crippen LogP contribution in [0, 0.1) is 13.8 Å². The zero-order chi connectivity index (χ0) is 12.3. The third-order valence-electron chi connectivity index (χ3n) is 2.32. The van der Waals surface area contributed by atoms with Gasteiger partial charge in [0.25, 0.3) is 0 Å². The van der Waals surface area contributed by atoms with Gasteiger partial charge in [-0.15, -0.1) is 11.6 Å². The summed E-state index contributed by atoms with van der Waals surface area (Å²) in [6.45, 7) is 5.40. The molecular formula is C11H16ClNO2S.